The van der Waals surface area contributed by atoms with Crippen molar-refractivity contribution in [2.45, 2.75) is 13.3 Å². The van der Waals surface area contributed by atoms with Crippen molar-refractivity contribution in [3.05, 3.63) is 48.0 Å². The van der Waals surface area contributed by atoms with Crippen molar-refractivity contribution in [2.75, 3.05) is 39.3 Å². The molecule has 1 saturated heterocycles. The second-order valence-corrected chi connectivity index (χ2v) is 6.50. The van der Waals surface area contributed by atoms with Gasteiger partial charge in [0.15, 0.2) is 5.69 Å². The van der Waals surface area contributed by atoms with Gasteiger partial charge in [0, 0.05) is 38.9 Å². The molecular weight excluding hydrogens is 349 g/mol. The molecule has 0 aliphatic carbocycles. The molecule has 0 spiro atoms. The average molecular weight is 373 g/mol. The Hall–Kier alpha value is -2.74. The first-order valence-electron chi connectivity index (χ1n) is 9.16. The van der Waals surface area contributed by atoms with Gasteiger partial charge in [0.05, 0.1) is 12.2 Å². The number of carbonyl (C=O) groups excluding carboxylic acids is 2. The summed E-state index contributed by atoms with van der Waals surface area (Å²) in [6, 6.07) is 7.71. The Bertz CT molecular complexity index is 807. The number of nitrogens with zero attached hydrogens (tertiary/aromatic N) is 4. The van der Waals surface area contributed by atoms with Gasteiger partial charge < -0.3 is 10.2 Å². The number of amides is 2. The zero-order chi connectivity index (χ0) is 19.2. The van der Waals surface area contributed by atoms with Gasteiger partial charge in [-0.2, -0.15) is 5.10 Å². The Labute approximate surface area is 157 Å². The number of rotatable bonds is 5. The van der Waals surface area contributed by atoms with E-state index in [0.29, 0.717) is 44.1 Å². The normalized spacial score (nSPS) is 15.4. The molecule has 8 heteroatoms. The summed E-state index contributed by atoms with van der Waals surface area (Å²) in [6.07, 6.45) is 2.46. The fourth-order valence-electron chi connectivity index (χ4n) is 3.15. The van der Waals surface area contributed by atoms with Crippen LogP contribution in [0.2, 0.25) is 0 Å². The second-order valence-electron chi connectivity index (χ2n) is 6.50. The number of nitrogens with one attached hydrogen (secondary N) is 1. The number of hydrogen-bond acceptors (Lipinski definition) is 4. The van der Waals surface area contributed by atoms with Gasteiger partial charge in [-0.05, 0) is 37.6 Å². The van der Waals surface area contributed by atoms with E-state index < -0.39 is 0 Å². The highest BCUT2D eigenvalue weighted by molar-refractivity contribution is 5.92. The van der Waals surface area contributed by atoms with E-state index in [2.05, 4.69) is 15.3 Å². The Morgan fingerprint density at radius 3 is 2.81 bits per heavy atom. The molecule has 0 bridgehead atoms. The van der Waals surface area contributed by atoms with Gasteiger partial charge in [-0.1, -0.05) is 6.07 Å². The first kappa shape index (κ1) is 19.0. The van der Waals surface area contributed by atoms with Crippen molar-refractivity contribution in [3.63, 3.8) is 0 Å². The molecule has 2 aromatic rings. The maximum absolute atomic E-state index is 13.4. The predicted octanol–water partition coefficient (Wildman–Crippen LogP) is 1.30. The Morgan fingerprint density at radius 2 is 2.04 bits per heavy atom. The van der Waals surface area contributed by atoms with E-state index >= 15 is 0 Å². The third-order valence-electron chi connectivity index (χ3n) is 4.50. The molecule has 2 amide bonds. The van der Waals surface area contributed by atoms with E-state index in [-0.39, 0.29) is 17.6 Å². The van der Waals surface area contributed by atoms with Crippen molar-refractivity contribution in [1.29, 1.82) is 0 Å². The minimum atomic E-state index is -0.351. The van der Waals surface area contributed by atoms with E-state index in [9.17, 15) is 14.0 Å². The zero-order valence-electron chi connectivity index (χ0n) is 15.4. The van der Waals surface area contributed by atoms with Crippen molar-refractivity contribution in [1.82, 2.24) is 24.9 Å². The van der Waals surface area contributed by atoms with Crippen molar-refractivity contribution >= 4 is 11.8 Å². The third kappa shape index (κ3) is 4.91. The average Bonchev–Trinajstić information content (AvgIpc) is 3.03. The summed E-state index contributed by atoms with van der Waals surface area (Å²) >= 11 is 0. The lowest BCUT2D eigenvalue weighted by Gasteiger charge is -2.21. The van der Waals surface area contributed by atoms with Crippen LogP contribution in [-0.2, 0) is 4.79 Å². The summed E-state index contributed by atoms with van der Waals surface area (Å²) in [5.74, 6) is -0.494. The summed E-state index contributed by atoms with van der Waals surface area (Å²) in [5, 5.41) is 7.09. The number of halogens is 1. The molecule has 2 heterocycles. The molecule has 1 fully saturated rings. The molecule has 0 unspecified atom stereocenters. The minimum Gasteiger partial charge on any atom is -0.355 e. The monoisotopic (exact) mass is 373 g/mol. The largest absolute Gasteiger partial charge is 0.355 e. The van der Waals surface area contributed by atoms with Crippen LogP contribution in [0.5, 0.6) is 0 Å². The number of carbonyl (C=O) groups is 2. The van der Waals surface area contributed by atoms with Crippen LogP contribution in [0.4, 0.5) is 4.39 Å². The van der Waals surface area contributed by atoms with Gasteiger partial charge in [-0.3, -0.25) is 14.5 Å². The van der Waals surface area contributed by atoms with E-state index in [0.717, 1.165) is 13.0 Å². The molecule has 3 rings (SSSR count). The highest BCUT2D eigenvalue weighted by Crippen LogP contribution is 2.12. The Morgan fingerprint density at radius 1 is 1.19 bits per heavy atom. The SMILES string of the molecule is CCNC(=O)CN1CCCN(C(=O)c2ccn(-c3cccc(F)c3)n2)CC1. The number of likely N-dealkylation sites (N-methyl/N-ethyl adjacent to an activating group) is 1. The topological polar surface area (TPSA) is 70.5 Å². The summed E-state index contributed by atoms with van der Waals surface area (Å²) in [4.78, 5) is 28.3. The van der Waals surface area contributed by atoms with Gasteiger partial charge in [-0.15, -0.1) is 0 Å². The molecule has 0 radical (unpaired) electrons. The van der Waals surface area contributed by atoms with Crippen LogP contribution in [0.25, 0.3) is 5.69 Å². The lowest BCUT2D eigenvalue weighted by molar-refractivity contribution is -0.122. The van der Waals surface area contributed by atoms with Crippen molar-refractivity contribution < 1.29 is 14.0 Å². The molecule has 27 heavy (non-hydrogen) atoms. The fraction of sp³-hybridized carbons (Fsp3) is 0.421. The smallest absolute Gasteiger partial charge is 0.274 e. The summed E-state index contributed by atoms with van der Waals surface area (Å²) < 4.78 is 14.9. The van der Waals surface area contributed by atoms with Crippen LogP contribution in [0.3, 0.4) is 0 Å². The van der Waals surface area contributed by atoms with Crippen LogP contribution < -0.4 is 5.32 Å². The lowest BCUT2D eigenvalue weighted by atomic mass is 10.3. The van der Waals surface area contributed by atoms with Crippen LogP contribution in [0.1, 0.15) is 23.8 Å². The van der Waals surface area contributed by atoms with Gasteiger partial charge in [0.25, 0.3) is 5.91 Å². The van der Waals surface area contributed by atoms with Crippen LogP contribution in [0, 0.1) is 5.82 Å². The van der Waals surface area contributed by atoms with Gasteiger partial charge >= 0.3 is 0 Å². The number of benzene rings is 1. The van der Waals surface area contributed by atoms with Crippen LogP contribution in [-0.4, -0.2) is 70.7 Å². The molecule has 1 aromatic heterocycles. The van der Waals surface area contributed by atoms with Gasteiger partial charge in [0.1, 0.15) is 5.82 Å². The molecule has 7 nitrogen and oxygen atoms in total. The van der Waals surface area contributed by atoms with Crippen LogP contribution in [0.15, 0.2) is 36.5 Å². The van der Waals surface area contributed by atoms with Crippen molar-refractivity contribution in [3.8, 4) is 5.69 Å². The van der Waals surface area contributed by atoms with E-state index in [4.69, 9.17) is 0 Å². The van der Waals surface area contributed by atoms with Crippen LogP contribution >= 0.6 is 0 Å². The quantitative estimate of drug-likeness (QED) is 0.858. The minimum absolute atomic E-state index is 0.00566. The van der Waals surface area contributed by atoms with Gasteiger partial charge in [0.2, 0.25) is 5.91 Å². The van der Waals surface area contributed by atoms with E-state index in [1.54, 1.807) is 29.3 Å². The Kier molecular flexibility index (Phi) is 6.18. The molecular formula is C19H24FN5O2. The maximum atomic E-state index is 13.4. The summed E-state index contributed by atoms with van der Waals surface area (Å²) in [6.45, 7) is 5.45. The molecule has 144 valence electrons. The first-order valence-corrected chi connectivity index (χ1v) is 9.16. The van der Waals surface area contributed by atoms with E-state index in [1.165, 1.54) is 16.8 Å². The summed E-state index contributed by atoms with van der Waals surface area (Å²) in [5.41, 5.74) is 0.898. The molecule has 1 N–H and O–H groups in total. The zero-order valence-corrected chi connectivity index (χ0v) is 15.4. The molecule has 0 atom stereocenters. The highest BCUT2D eigenvalue weighted by atomic mass is 19.1. The summed E-state index contributed by atoms with van der Waals surface area (Å²) in [7, 11) is 0. The lowest BCUT2D eigenvalue weighted by Crippen LogP contribution is -2.40. The van der Waals surface area contributed by atoms with Crippen molar-refractivity contribution in [2.24, 2.45) is 0 Å². The maximum Gasteiger partial charge on any atom is 0.274 e. The number of hydrogen-bond donors (Lipinski definition) is 1. The third-order valence-corrected chi connectivity index (χ3v) is 4.50. The Balaban J connectivity index is 1.62. The molecule has 1 aliphatic heterocycles. The first-order chi connectivity index (χ1) is 13.1. The van der Waals surface area contributed by atoms with E-state index in [1.807, 2.05) is 6.92 Å². The van der Waals surface area contributed by atoms with Gasteiger partial charge in [-0.25, -0.2) is 9.07 Å². The second kappa shape index (κ2) is 8.77. The highest BCUT2D eigenvalue weighted by Gasteiger charge is 2.23. The molecule has 0 saturated carbocycles. The molecule has 1 aliphatic rings. The molecule has 1 aromatic carbocycles. The predicted molar refractivity (Wildman–Crippen MR) is 99.2 cm³/mol. The number of aromatic nitrogens is 2. The standard InChI is InChI=1S/C19H24FN5O2/c1-2-21-18(26)14-23-8-4-9-24(12-11-23)19(27)17-7-10-25(22-17)16-6-3-5-15(20)13-16/h3,5-7,10,13H,2,4,8-9,11-12,14H2,1H3,(H,21,26). The fourth-order valence-corrected chi connectivity index (χ4v) is 3.15.